The van der Waals surface area contributed by atoms with E-state index in [9.17, 15) is 8.42 Å². The molecule has 3 aliphatic heterocycles. The zero-order chi connectivity index (χ0) is 20.4. The molecule has 0 amide bonds. The van der Waals surface area contributed by atoms with Crippen LogP contribution in [-0.2, 0) is 14.8 Å². The van der Waals surface area contributed by atoms with Crippen LogP contribution in [0.2, 0.25) is 0 Å². The summed E-state index contributed by atoms with van der Waals surface area (Å²) in [6.07, 6.45) is 7.68. The van der Waals surface area contributed by atoms with Crippen molar-refractivity contribution in [1.82, 2.24) is 9.62 Å². The molecule has 1 N–H and O–H groups in total. The maximum absolute atomic E-state index is 11.9. The molecule has 29 heavy (non-hydrogen) atoms. The highest BCUT2D eigenvalue weighted by molar-refractivity contribution is 7.88. The summed E-state index contributed by atoms with van der Waals surface area (Å²) in [5.74, 6) is 1.59. The Bertz CT molecular complexity index is 805. The molecule has 1 aliphatic carbocycles. The van der Waals surface area contributed by atoms with Crippen LogP contribution in [0.1, 0.15) is 55.6 Å². The quantitative estimate of drug-likeness (QED) is 0.794. The summed E-state index contributed by atoms with van der Waals surface area (Å²) in [6.45, 7) is 5.04. The van der Waals surface area contributed by atoms with Crippen molar-refractivity contribution < 1.29 is 17.9 Å². The van der Waals surface area contributed by atoms with Gasteiger partial charge in [0, 0.05) is 18.6 Å². The fourth-order valence-corrected chi connectivity index (χ4v) is 6.10. The molecule has 0 spiro atoms. The van der Waals surface area contributed by atoms with Crippen LogP contribution in [-0.4, -0.2) is 64.1 Å². The highest BCUT2D eigenvalue weighted by Gasteiger charge is 2.35. The van der Waals surface area contributed by atoms with E-state index >= 15 is 0 Å². The lowest BCUT2D eigenvalue weighted by atomic mass is 9.82. The Kier molecular flexibility index (Phi) is 6.49. The molecule has 1 saturated heterocycles. The van der Waals surface area contributed by atoms with Gasteiger partial charge in [0.2, 0.25) is 10.0 Å². The number of sulfonamides is 1. The van der Waals surface area contributed by atoms with Gasteiger partial charge in [-0.1, -0.05) is 18.2 Å². The zero-order valence-electron chi connectivity index (χ0n) is 17.6. The monoisotopic (exact) mass is 422 g/mol. The number of hydrogen-bond donors (Lipinski definition) is 1. The number of fused-ring (bicyclic) bond motifs is 5. The predicted molar refractivity (Wildman–Crippen MR) is 114 cm³/mol. The minimum atomic E-state index is -3.25. The minimum Gasteiger partial charge on any atom is -0.492 e. The first-order valence-electron chi connectivity index (χ1n) is 11.0. The molecule has 1 saturated carbocycles. The molecule has 0 radical (unpaired) electrons. The maximum atomic E-state index is 11.9. The molecular weight excluding hydrogens is 388 g/mol. The van der Waals surface area contributed by atoms with Crippen molar-refractivity contribution in [3.63, 3.8) is 0 Å². The Morgan fingerprint density at radius 3 is 2.66 bits per heavy atom. The Hall–Kier alpha value is -1.15. The molecule has 3 heterocycles. The van der Waals surface area contributed by atoms with Gasteiger partial charge in [-0.05, 0) is 69.0 Å². The number of aryl methyl sites for hydroxylation is 1. The Morgan fingerprint density at radius 2 is 1.90 bits per heavy atom. The van der Waals surface area contributed by atoms with Gasteiger partial charge in [0.05, 0.1) is 19.0 Å². The predicted octanol–water partition coefficient (Wildman–Crippen LogP) is 2.81. The second-order valence-corrected chi connectivity index (χ2v) is 10.7. The van der Waals surface area contributed by atoms with Crippen molar-refractivity contribution in [1.29, 1.82) is 0 Å². The zero-order valence-corrected chi connectivity index (χ0v) is 18.4. The minimum absolute atomic E-state index is 0.0527. The normalized spacial score (nSPS) is 31.5. The lowest BCUT2D eigenvalue weighted by Gasteiger charge is -2.41. The van der Waals surface area contributed by atoms with Crippen molar-refractivity contribution in [2.45, 2.75) is 69.6 Å². The van der Waals surface area contributed by atoms with E-state index in [1.54, 1.807) is 0 Å². The Morgan fingerprint density at radius 1 is 1.10 bits per heavy atom. The van der Waals surface area contributed by atoms with E-state index in [4.69, 9.17) is 9.47 Å². The average molecular weight is 423 g/mol. The van der Waals surface area contributed by atoms with Crippen molar-refractivity contribution in [2.24, 2.45) is 0 Å². The van der Waals surface area contributed by atoms with E-state index in [1.165, 1.54) is 17.4 Å². The number of benzene rings is 1. The van der Waals surface area contributed by atoms with Crippen molar-refractivity contribution in [3.8, 4) is 5.75 Å². The fourth-order valence-electron chi connectivity index (χ4n) is 5.27. The second kappa shape index (κ2) is 8.92. The van der Waals surface area contributed by atoms with Crippen LogP contribution in [0.4, 0.5) is 0 Å². The third-order valence-electron chi connectivity index (χ3n) is 6.74. The first kappa shape index (κ1) is 21.1. The van der Waals surface area contributed by atoms with E-state index in [-0.39, 0.29) is 18.2 Å². The lowest BCUT2D eigenvalue weighted by Crippen LogP contribution is -2.58. The van der Waals surface area contributed by atoms with Gasteiger partial charge < -0.3 is 9.47 Å². The number of para-hydroxylation sites is 1. The number of ether oxygens (including phenoxy) is 2. The molecule has 2 fully saturated rings. The average Bonchev–Trinajstić information content (AvgIpc) is 2.69. The summed E-state index contributed by atoms with van der Waals surface area (Å²) in [5.41, 5.74) is 2.54. The van der Waals surface area contributed by atoms with Gasteiger partial charge in [0.15, 0.2) is 0 Å². The topological polar surface area (TPSA) is 67.9 Å². The molecule has 162 valence electrons. The summed E-state index contributed by atoms with van der Waals surface area (Å²) in [4.78, 5) is 2.36. The summed E-state index contributed by atoms with van der Waals surface area (Å²) >= 11 is 0. The smallest absolute Gasteiger partial charge is 0.209 e. The van der Waals surface area contributed by atoms with Crippen molar-refractivity contribution in [2.75, 3.05) is 32.6 Å². The van der Waals surface area contributed by atoms with Gasteiger partial charge in [-0.3, -0.25) is 4.90 Å². The van der Waals surface area contributed by atoms with E-state index < -0.39 is 10.0 Å². The van der Waals surface area contributed by atoms with Crippen LogP contribution in [0, 0.1) is 6.92 Å². The lowest BCUT2D eigenvalue weighted by molar-refractivity contribution is -0.0284. The van der Waals surface area contributed by atoms with E-state index in [0.717, 1.165) is 57.4 Å². The molecule has 2 atom stereocenters. The fraction of sp³-hybridized carbons (Fsp3) is 0.727. The largest absolute Gasteiger partial charge is 0.492 e. The van der Waals surface area contributed by atoms with Gasteiger partial charge in [-0.2, -0.15) is 0 Å². The van der Waals surface area contributed by atoms with Gasteiger partial charge in [0.25, 0.3) is 0 Å². The SMILES string of the molecule is Cc1cccc2c1OCCN1CCCC(NS(C)(=O)=O)C1COC1CCC2CC1. The Balaban J connectivity index is 1.58. The highest BCUT2D eigenvalue weighted by atomic mass is 32.2. The summed E-state index contributed by atoms with van der Waals surface area (Å²) in [6, 6.07) is 6.44. The molecule has 0 aromatic heterocycles. The highest BCUT2D eigenvalue weighted by Crippen LogP contribution is 2.40. The van der Waals surface area contributed by atoms with Crippen LogP contribution in [0.15, 0.2) is 18.2 Å². The number of nitrogens with zero attached hydrogens (tertiary/aromatic N) is 1. The maximum Gasteiger partial charge on any atom is 0.209 e. The number of piperidine rings is 1. The van der Waals surface area contributed by atoms with Crippen molar-refractivity contribution in [3.05, 3.63) is 29.3 Å². The molecule has 2 unspecified atom stereocenters. The third-order valence-corrected chi connectivity index (χ3v) is 7.47. The second-order valence-electron chi connectivity index (χ2n) is 8.89. The molecular formula is C22H34N2O4S. The molecule has 4 aliphatic rings. The first-order valence-corrected chi connectivity index (χ1v) is 12.8. The first-order chi connectivity index (χ1) is 13.9. The number of rotatable bonds is 2. The molecule has 7 heteroatoms. The summed E-state index contributed by atoms with van der Waals surface area (Å²) in [7, 11) is -3.25. The van der Waals surface area contributed by atoms with Gasteiger partial charge in [-0.15, -0.1) is 0 Å². The molecule has 1 aromatic carbocycles. The molecule has 1 aromatic rings. The van der Waals surface area contributed by atoms with E-state index in [0.29, 0.717) is 19.1 Å². The van der Waals surface area contributed by atoms with Crippen LogP contribution in [0.25, 0.3) is 0 Å². The number of nitrogens with one attached hydrogen (secondary N) is 1. The Labute approximate surface area is 175 Å². The molecule has 6 nitrogen and oxygen atoms in total. The van der Waals surface area contributed by atoms with E-state index in [1.807, 2.05) is 0 Å². The van der Waals surface area contributed by atoms with E-state index in [2.05, 4.69) is 34.7 Å². The third kappa shape index (κ3) is 5.13. The van der Waals surface area contributed by atoms with Crippen LogP contribution < -0.4 is 9.46 Å². The van der Waals surface area contributed by atoms with Crippen LogP contribution in [0.3, 0.4) is 0 Å². The standard InChI is InChI=1S/C22H34N2O4S/c1-16-5-3-6-19-17-8-10-18(11-9-17)28-15-21-20(23-29(2,25)26)7-4-12-24(21)13-14-27-22(16)19/h3,5-6,17-18,20-21,23H,4,7-15H2,1-2H3. The van der Waals surface area contributed by atoms with Crippen molar-refractivity contribution >= 4 is 10.0 Å². The van der Waals surface area contributed by atoms with Gasteiger partial charge in [-0.25, -0.2) is 13.1 Å². The van der Waals surface area contributed by atoms with Gasteiger partial charge >= 0.3 is 0 Å². The molecule has 5 rings (SSSR count). The number of hydrogen-bond acceptors (Lipinski definition) is 5. The van der Waals surface area contributed by atoms with Crippen LogP contribution >= 0.6 is 0 Å². The summed E-state index contributed by atoms with van der Waals surface area (Å²) in [5, 5.41) is 0. The van der Waals surface area contributed by atoms with Gasteiger partial charge in [0.1, 0.15) is 12.4 Å². The molecule has 2 bridgehead atoms. The summed E-state index contributed by atoms with van der Waals surface area (Å²) < 4.78 is 39.4. The van der Waals surface area contributed by atoms with Crippen LogP contribution in [0.5, 0.6) is 5.75 Å².